The summed E-state index contributed by atoms with van der Waals surface area (Å²) in [5.41, 5.74) is 5.65. The predicted molar refractivity (Wildman–Crippen MR) is 67.0 cm³/mol. The van der Waals surface area contributed by atoms with E-state index < -0.39 is 11.6 Å². The van der Waals surface area contributed by atoms with E-state index in [0.717, 1.165) is 16.6 Å². The summed E-state index contributed by atoms with van der Waals surface area (Å²) in [6.07, 6.45) is 0.353. The summed E-state index contributed by atoms with van der Waals surface area (Å²) in [5.74, 6) is 4.35. The third-order valence-corrected chi connectivity index (χ3v) is 3.78. The third kappa shape index (κ3) is 2.72. The number of halogens is 2. The highest BCUT2D eigenvalue weighted by Gasteiger charge is 2.17. The second-order valence-corrected chi connectivity index (χ2v) is 4.85. The molecule has 0 bridgehead atoms. The number of hydrogen-bond acceptors (Lipinski definition) is 4. The number of hydrogen-bond donors (Lipinski definition) is 2. The minimum atomic E-state index is -0.581. The van der Waals surface area contributed by atoms with Crippen LogP contribution in [0.15, 0.2) is 23.7 Å². The Morgan fingerprint density at radius 1 is 1.44 bits per heavy atom. The van der Waals surface area contributed by atoms with Crippen molar-refractivity contribution in [1.29, 1.82) is 0 Å². The van der Waals surface area contributed by atoms with Crippen LogP contribution in [0.25, 0.3) is 0 Å². The lowest BCUT2D eigenvalue weighted by Crippen LogP contribution is -2.29. The Bertz CT molecular complexity index is 542. The molecule has 3 N–H and O–H groups in total. The molecule has 0 radical (unpaired) electrons. The molecule has 0 aliphatic rings. The van der Waals surface area contributed by atoms with Crippen LogP contribution in [0.1, 0.15) is 22.2 Å². The second-order valence-electron chi connectivity index (χ2n) is 3.96. The Hall–Kier alpha value is -1.37. The zero-order chi connectivity index (χ0) is 13.1. The lowest BCUT2D eigenvalue weighted by Gasteiger charge is -2.15. The molecule has 1 heterocycles. The molecular formula is C12H13F2N3S. The number of rotatable bonds is 4. The number of aryl methyl sites for hydroxylation is 1. The zero-order valence-electron chi connectivity index (χ0n) is 9.78. The van der Waals surface area contributed by atoms with Crippen molar-refractivity contribution in [3.05, 3.63) is 51.5 Å². The Labute approximate surface area is 108 Å². The average molecular weight is 269 g/mol. The molecule has 96 valence electrons. The van der Waals surface area contributed by atoms with Gasteiger partial charge in [0, 0.05) is 10.9 Å². The van der Waals surface area contributed by atoms with E-state index >= 15 is 0 Å². The summed E-state index contributed by atoms with van der Waals surface area (Å²) >= 11 is 1.46. The Morgan fingerprint density at radius 3 is 2.78 bits per heavy atom. The van der Waals surface area contributed by atoms with Crippen molar-refractivity contribution in [3.63, 3.8) is 0 Å². The molecule has 18 heavy (non-hydrogen) atoms. The number of thiazole rings is 1. The zero-order valence-corrected chi connectivity index (χ0v) is 10.6. The molecule has 3 nitrogen and oxygen atoms in total. The maximum atomic E-state index is 13.6. The van der Waals surface area contributed by atoms with E-state index in [4.69, 9.17) is 5.84 Å². The van der Waals surface area contributed by atoms with E-state index in [0.29, 0.717) is 12.0 Å². The molecule has 0 saturated heterocycles. The molecule has 1 unspecified atom stereocenters. The van der Waals surface area contributed by atoms with Crippen LogP contribution >= 0.6 is 11.3 Å². The van der Waals surface area contributed by atoms with Gasteiger partial charge in [-0.2, -0.15) is 0 Å². The second kappa shape index (κ2) is 5.51. The van der Waals surface area contributed by atoms with Gasteiger partial charge in [-0.25, -0.2) is 13.8 Å². The molecule has 2 aromatic rings. The van der Waals surface area contributed by atoms with Gasteiger partial charge in [0.1, 0.15) is 11.6 Å². The fourth-order valence-electron chi connectivity index (χ4n) is 1.78. The van der Waals surface area contributed by atoms with Gasteiger partial charge in [0.2, 0.25) is 0 Å². The topological polar surface area (TPSA) is 50.9 Å². The van der Waals surface area contributed by atoms with E-state index in [1.165, 1.54) is 23.5 Å². The van der Waals surface area contributed by atoms with Gasteiger partial charge in [-0.15, -0.1) is 11.3 Å². The van der Waals surface area contributed by atoms with Crippen LogP contribution in [-0.4, -0.2) is 4.98 Å². The first-order chi connectivity index (χ1) is 8.61. The first-order valence-corrected chi connectivity index (χ1v) is 6.30. The normalized spacial score (nSPS) is 12.7. The van der Waals surface area contributed by atoms with Crippen molar-refractivity contribution >= 4 is 11.3 Å². The molecule has 1 atom stereocenters. The predicted octanol–water partition coefficient (Wildman–Crippen LogP) is 2.48. The summed E-state index contributed by atoms with van der Waals surface area (Å²) in [5, 5.41) is 0. The molecule has 0 saturated carbocycles. The van der Waals surface area contributed by atoms with Crippen LogP contribution in [0.4, 0.5) is 8.78 Å². The molecule has 2 rings (SSSR count). The lowest BCUT2D eigenvalue weighted by molar-refractivity contribution is 0.525. The summed E-state index contributed by atoms with van der Waals surface area (Å²) < 4.78 is 26.4. The summed E-state index contributed by atoms with van der Waals surface area (Å²) in [7, 11) is 0. The molecule has 0 aliphatic carbocycles. The molecule has 0 spiro atoms. The van der Waals surface area contributed by atoms with Crippen molar-refractivity contribution in [2.45, 2.75) is 19.4 Å². The summed E-state index contributed by atoms with van der Waals surface area (Å²) in [6, 6.07) is 3.33. The van der Waals surface area contributed by atoms with Gasteiger partial charge in [-0.1, -0.05) is 6.07 Å². The Balaban J connectivity index is 2.23. The van der Waals surface area contributed by atoms with Gasteiger partial charge in [0.15, 0.2) is 0 Å². The first-order valence-electron chi connectivity index (χ1n) is 5.42. The van der Waals surface area contributed by atoms with Crippen LogP contribution in [0.3, 0.4) is 0 Å². The van der Waals surface area contributed by atoms with Crippen molar-refractivity contribution in [2.24, 2.45) is 5.84 Å². The number of nitrogens with one attached hydrogen (secondary N) is 1. The number of nitrogens with zero attached hydrogens (tertiary/aromatic N) is 1. The van der Waals surface area contributed by atoms with E-state index in [9.17, 15) is 8.78 Å². The van der Waals surface area contributed by atoms with Crippen molar-refractivity contribution in [1.82, 2.24) is 10.4 Å². The smallest absolute Gasteiger partial charge is 0.129 e. The van der Waals surface area contributed by atoms with E-state index in [2.05, 4.69) is 10.4 Å². The van der Waals surface area contributed by atoms with Crippen LogP contribution < -0.4 is 11.3 Å². The van der Waals surface area contributed by atoms with Crippen molar-refractivity contribution in [2.75, 3.05) is 0 Å². The summed E-state index contributed by atoms with van der Waals surface area (Å²) in [4.78, 5) is 5.09. The Kier molecular flexibility index (Phi) is 4.00. The van der Waals surface area contributed by atoms with Crippen molar-refractivity contribution in [3.8, 4) is 0 Å². The standard InChI is InChI=1S/C12H13F2N3S/c1-7-12(18-6-16-7)11(17-15)4-8-2-3-9(13)5-10(8)14/h2-3,5-6,11,17H,4,15H2,1H3. The van der Waals surface area contributed by atoms with Gasteiger partial charge in [0.05, 0.1) is 17.2 Å². The number of benzene rings is 1. The summed E-state index contributed by atoms with van der Waals surface area (Å²) in [6.45, 7) is 1.87. The number of nitrogens with two attached hydrogens (primary N) is 1. The van der Waals surface area contributed by atoms with E-state index in [-0.39, 0.29) is 6.04 Å². The monoisotopic (exact) mass is 269 g/mol. The minimum Gasteiger partial charge on any atom is -0.271 e. The number of hydrazine groups is 1. The fraction of sp³-hybridized carbons (Fsp3) is 0.250. The quantitative estimate of drug-likeness (QED) is 0.662. The van der Waals surface area contributed by atoms with Gasteiger partial charge < -0.3 is 0 Å². The highest BCUT2D eigenvalue weighted by Crippen LogP contribution is 2.25. The van der Waals surface area contributed by atoms with Crippen LogP contribution in [0.5, 0.6) is 0 Å². The molecule has 0 aliphatic heterocycles. The molecule has 0 amide bonds. The average Bonchev–Trinajstić information content (AvgIpc) is 2.75. The highest BCUT2D eigenvalue weighted by atomic mass is 32.1. The van der Waals surface area contributed by atoms with Gasteiger partial charge in [0.25, 0.3) is 0 Å². The van der Waals surface area contributed by atoms with Crippen LogP contribution in [-0.2, 0) is 6.42 Å². The minimum absolute atomic E-state index is 0.225. The largest absolute Gasteiger partial charge is 0.271 e. The number of aromatic nitrogens is 1. The SMILES string of the molecule is Cc1ncsc1C(Cc1ccc(F)cc1F)NN. The highest BCUT2D eigenvalue weighted by molar-refractivity contribution is 7.09. The van der Waals surface area contributed by atoms with Gasteiger partial charge in [-0.05, 0) is 25.0 Å². The van der Waals surface area contributed by atoms with Gasteiger partial charge in [-0.3, -0.25) is 11.3 Å². The van der Waals surface area contributed by atoms with Crippen LogP contribution in [0.2, 0.25) is 0 Å². The van der Waals surface area contributed by atoms with E-state index in [1.54, 1.807) is 5.51 Å². The lowest BCUT2D eigenvalue weighted by atomic mass is 10.0. The maximum Gasteiger partial charge on any atom is 0.129 e. The maximum absolute atomic E-state index is 13.6. The van der Waals surface area contributed by atoms with Crippen molar-refractivity contribution < 1.29 is 8.78 Å². The van der Waals surface area contributed by atoms with Crippen LogP contribution in [0, 0.1) is 18.6 Å². The Morgan fingerprint density at radius 2 is 2.22 bits per heavy atom. The fourth-order valence-corrected chi connectivity index (χ4v) is 2.64. The molecule has 0 fully saturated rings. The molecular weight excluding hydrogens is 256 g/mol. The molecule has 1 aromatic heterocycles. The molecule has 6 heteroatoms. The third-order valence-electron chi connectivity index (χ3n) is 2.74. The van der Waals surface area contributed by atoms with E-state index in [1.807, 2.05) is 6.92 Å². The molecule has 1 aromatic carbocycles. The van der Waals surface area contributed by atoms with Gasteiger partial charge >= 0.3 is 0 Å². The first kappa shape index (κ1) is 13.1.